The van der Waals surface area contributed by atoms with Crippen LogP contribution in [0.3, 0.4) is 0 Å². The third-order valence-electron chi connectivity index (χ3n) is 3.60. The Labute approximate surface area is 152 Å². The summed E-state index contributed by atoms with van der Waals surface area (Å²) in [4.78, 5) is 12.4. The average molecular weight is 380 g/mol. The molecule has 2 aromatic carbocycles. The highest BCUT2D eigenvalue weighted by Crippen LogP contribution is 2.17. The van der Waals surface area contributed by atoms with Crippen LogP contribution in [-0.2, 0) is 20.6 Å². The molecule has 0 heterocycles. The summed E-state index contributed by atoms with van der Waals surface area (Å²) in [5.41, 5.74) is -0.439. The maximum absolute atomic E-state index is 12.9. The minimum Gasteiger partial charge on any atom is -0.497 e. The number of hydrogen-bond donors (Lipinski definition) is 2. The van der Waals surface area contributed by atoms with Gasteiger partial charge >= 0.3 is 0 Å². The number of methoxy groups -OCH3 is 1. The summed E-state index contributed by atoms with van der Waals surface area (Å²) in [5, 5.41) is 2.66. The largest absolute Gasteiger partial charge is 0.497 e. The van der Waals surface area contributed by atoms with Crippen LogP contribution in [0.25, 0.3) is 0 Å². The Morgan fingerprint density at radius 2 is 1.65 bits per heavy atom. The highest BCUT2D eigenvalue weighted by Gasteiger charge is 2.32. The smallest absolute Gasteiger partial charge is 0.245 e. The van der Waals surface area contributed by atoms with E-state index < -0.39 is 27.3 Å². The molecule has 0 aliphatic rings. The van der Waals surface area contributed by atoms with Crippen molar-refractivity contribution < 1.29 is 22.3 Å². The van der Waals surface area contributed by atoms with E-state index in [1.165, 1.54) is 45.2 Å². The van der Waals surface area contributed by atoms with Crippen molar-refractivity contribution in [3.8, 4) is 5.75 Å². The molecule has 0 unspecified atom stereocenters. The first kappa shape index (κ1) is 19.9. The van der Waals surface area contributed by atoms with Crippen molar-refractivity contribution in [2.45, 2.75) is 25.1 Å². The number of carbonyl (C=O) groups is 1. The molecule has 1 amide bonds. The molecule has 0 fully saturated rings. The van der Waals surface area contributed by atoms with Gasteiger partial charge < -0.3 is 10.1 Å². The number of anilines is 1. The highest BCUT2D eigenvalue weighted by molar-refractivity contribution is 7.88. The van der Waals surface area contributed by atoms with E-state index in [-0.39, 0.29) is 5.75 Å². The molecule has 8 heteroatoms. The summed E-state index contributed by atoms with van der Waals surface area (Å²) < 4.78 is 45.0. The van der Waals surface area contributed by atoms with Gasteiger partial charge in [-0.3, -0.25) is 4.79 Å². The van der Waals surface area contributed by atoms with Crippen molar-refractivity contribution in [2.75, 3.05) is 12.4 Å². The van der Waals surface area contributed by atoms with Gasteiger partial charge in [-0.1, -0.05) is 12.1 Å². The molecule has 0 aliphatic carbocycles. The Morgan fingerprint density at radius 3 is 2.19 bits per heavy atom. The van der Waals surface area contributed by atoms with Crippen LogP contribution in [0.1, 0.15) is 19.4 Å². The summed E-state index contributed by atoms with van der Waals surface area (Å²) in [6, 6.07) is 11.8. The summed E-state index contributed by atoms with van der Waals surface area (Å²) >= 11 is 0. The predicted molar refractivity (Wildman–Crippen MR) is 97.9 cm³/mol. The summed E-state index contributed by atoms with van der Waals surface area (Å²) in [6.45, 7) is 2.93. The summed E-state index contributed by atoms with van der Waals surface area (Å²) in [6.07, 6.45) is 0. The zero-order valence-corrected chi connectivity index (χ0v) is 15.6. The van der Waals surface area contributed by atoms with E-state index in [1.54, 1.807) is 24.3 Å². The molecule has 2 N–H and O–H groups in total. The number of sulfonamides is 1. The van der Waals surface area contributed by atoms with Crippen molar-refractivity contribution in [2.24, 2.45) is 0 Å². The van der Waals surface area contributed by atoms with Gasteiger partial charge in [-0.15, -0.1) is 0 Å². The highest BCUT2D eigenvalue weighted by atomic mass is 32.2. The van der Waals surface area contributed by atoms with Crippen molar-refractivity contribution in [3.05, 3.63) is 59.9 Å². The fourth-order valence-corrected chi connectivity index (χ4v) is 3.81. The average Bonchev–Trinajstić information content (AvgIpc) is 2.56. The molecular formula is C18H21FN2O4S. The second-order valence-electron chi connectivity index (χ2n) is 6.30. The van der Waals surface area contributed by atoms with Crippen molar-refractivity contribution in [3.63, 3.8) is 0 Å². The van der Waals surface area contributed by atoms with E-state index in [0.29, 0.717) is 17.0 Å². The molecule has 0 radical (unpaired) electrons. The number of benzene rings is 2. The van der Waals surface area contributed by atoms with Gasteiger partial charge in [0, 0.05) is 5.69 Å². The van der Waals surface area contributed by atoms with Gasteiger partial charge in [0.1, 0.15) is 17.1 Å². The normalized spacial score (nSPS) is 11.8. The van der Waals surface area contributed by atoms with Gasteiger partial charge in [0.2, 0.25) is 15.9 Å². The first-order valence-electron chi connectivity index (χ1n) is 7.83. The van der Waals surface area contributed by atoms with Crippen molar-refractivity contribution >= 4 is 21.6 Å². The van der Waals surface area contributed by atoms with Gasteiger partial charge in [0.05, 0.1) is 12.9 Å². The first-order valence-corrected chi connectivity index (χ1v) is 9.48. The maximum atomic E-state index is 12.9. The molecular weight excluding hydrogens is 359 g/mol. The topological polar surface area (TPSA) is 84.5 Å². The number of hydrogen-bond acceptors (Lipinski definition) is 4. The standard InChI is InChI=1S/C18H21FN2O4S/c1-18(2,17(22)20-15-8-10-16(25-3)11-9-15)21-26(23,24)12-13-4-6-14(19)7-5-13/h4-11,21H,12H2,1-3H3,(H,20,22). The van der Waals surface area contributed by atoms with Crippen molar-refractivity contribution in [1.82, 2.24) is 4.72 Å². The maximum Gasteiger partial charge on any atom is 0.245 e. The number of rotatable bonds is 7. The van der Waals surface area contributed by atoms with Gasteiger partial charge in [-0.2, -0.15) is 4.72 Å². The van der Waals surface area contributed by atoms with E-state index in [1.807, 2.05) is 0 Å². The van der Waals surface area contributed by atoms with Crippen LogP contribution in [0.2, 0.25) is 0 Å². The van der Waals surface area contributed by atoms with E-state index in [2.05, 4.69) is 10.0 Å². The lowest BCUT2D eigenvalue weighted by Gasteiger charge is -2.25. The fourth-order valence-electron chi connectivity index (χ4n) is 2.23. The Balaban J connectivity index is 2.04. The Morgan fingerprint density at radius 1 is 1.08 bits per heavy atom. The summed E-state index contributed by atoms with van der Waals surface area (Å²) in [5.74, 6) is -0.669. The third-order valence-corrected chi connectivity index (χ3v) is 5.13. The molecule has 26 heavy (non-hydrogen) atoms. The minimum atomic E-state index is -3.81. The zero-order valence-electron chi connectivity index (χ0n) is 14.7. The van der Waals surface area contributed by atoms with Crippen LogP contribution in [0.15, 0.2) is 48.5 Å². The van der Waals surface area contributed by atoms with E-state index in [9.17, 15) is 17.6 Å². The lowest BCUT2D eigenvalue weighted by atomic mass is 10.1. The second-order valence-corrected chi connectivity index (χ2v) is 8.02. The lowest BCUT2D eigenvalue weighted by molar-refractivity contribution is -0.120. The molecule has 0 aromatic heterocycles. The van der Waals surface area contributed by atoms with Gasteiger partial charge in [0.25, 0.3) is 0 Å². The molecule has 6 nitrogen and oxygen atoms in total. The monoisotopic (exact) mass is 380 g/mol. The van der Waals surface area contributed by atoms with E-state index in [4.69, 9.17) is 4.74 Å². The molecule has 140 valence electrons. The number of ether oxygens (including phenoxy) is 1. The van der Waals surface area contributed by atoms with Gasteiger partial charge in [0.15, 0.2) is 0 Å². The third kappa shape index (κ3) is 5.53. The minimum absolute atomic E-state index is 0.355. The molecule has 0 spiro atoms. The Hall–Kier alpha value is -2.45. The predicted octanol–water partition coefficient (Wildman–Crippen LogP) is 2.67. The quantitative estimate of drug-likeness (QED) is 0.773. The van der Waals surface area contributed by atoms with Crippen LogP contribution in [0.5, 0.6) is 5.75 Å². The van der Waals surface area contributed by atoms with Crippen LogP contribution >= 0.6 is 0 Å². The number of halogens is 1. The number of nitrogens with one attached hydrogen (secondary N) is 2. The second kappa shape index (κ2) is 7.84. The van der Waals surface area contributed by atoms with E-state index >= 15 is 0 Å². The van der Waals surface area contributed by atoms with Gasteiger partial charge in [-0.25, -0.2) is 12.8 Å². The number of carbonyl (C=O) groups excluding carboxylic acids is 1. The molecule has 0 saturated carbocycles. The molecule has 0 aliphatic heterocycles. The van der Waals surface area contributed by atoms with Crippen LogP contribution in [-0.4, -0.2) is 27.0 Å². The van der Waals surface area contributed by atoms with Crippen LogP contribution in [0.4, 0.5) is 10.1 Å². The van der Waals surface area contributed by atoms with Crippen molar-refractivity contribution in [1.29, 1.82) is 0 Å². The first-order chi connectivity index (χ1) is 12.1. The Bertz CT molecular complexity index is 863. The molecule has 0 atom stereocenters. The van der Waals surface area contributed by atoms with Crippen LogP contribution in [0, 0.1) is 5.82 Å². The molecule has 0 saturated heterocycles. The van der Waals surface area contributed by atoms with Crippen LogP contribution < -0.4 is 14.8 Å². The Kier molecular flexibility index (Phi) is 5.99. The molecule has 2 rings (SSSR count). The SMILES string of the molecule is COc1ccc(NC(=O)C(C)(C)NS(=O)(=O)Cc2ccc(F)cc2)cc1. The number of amides is 1. The van der Waals surface area contributed by atoms with Gasteiger partial charge in [-0.05, 0) is 55.8 Å². The summed E-state index contributed by atoms with van der Waals surface area (Å²) in [7, 11) is -2.27. The molecule has 2 aromatic rings. The molecule has 0 bridgehead atoms. The fraction of sp³-hybridized carbons (Fsp3) is 0.278. The van der Waals surface area contributed by atoms with E-state index in [0.717, 1.165) is 0 Å². The zero-order chi connectivity index (χ0) is 19.4. The lowest BCUT2D eigenvalue weighted by Crippen LogP contribution is -2.52.